The van der Waals surface area contributed by atoms with Gasteiger partial charge in [-0.1, -0.05) is 12.1 Å². The molecule has 1 aliphatic rings. The molecule has 2 rings (SSSR count). The van der Waals surface area contributed by atoms with Crippen molar-refractivity contribution in [1.82, 2.24) is 15.1 Å². The Balaban J connectivity index is 0.00000450. The van der Waals surface area contributed by atoms with Crippen molar-refractivity contribution in [3.8, 4) is 0 Å². The summed E-state index contributed by atoms with van der Waals surface area (Å²) >= 11 is 0. The molecule has 0 spiro atoms. The molecule has 0 amide bonds. The number of nitrogens with zero attached hydrogens (tertiary/aromatic N) is 3. The molecule has 1 N–H and O–H groups in total. The van der Waals surface area contributed by atoms with Gasteiger partial charge in [0.05, 0.1) is 18.7 Å². The highest BCUT2D eigenvalue weighted by molar-refractivity contribution is 14.0. The van der Waals surface area contributed by atoms with E-state index < -0.39 is 17.8 Å². The van der Waals surface area contributed by atoms with Gasteiger partial charge in [-0.2, -0.15) is 13.2 Å². The number of benzene rings is 1. The Bertz CT molecular complexity index is 670. The first-order valence-corrected chi connectivity index (χ1v) is 10.2. The van der Waals surface area contributed by atoms with Crippen LogP contribution in [0.5, 0.6) is 0 Å². The number of guanidine groups is 1. The molecule has 5 nitrogen and oxygen atoms in total. The Morgan fingerprint density at radius 1 is 1.33 bits per heavy atom. The molecule has 0 radical (unpaired) electrons. The van der Waals surface area contributed by atoms with Gasteiger partial charge in [0.25, 0.3) is 0 Å². The van der Waals surface area contributed by atoms with Crippen molar-refractivity contribution in [2.75, 3.05) is 46.9 Å². The Morgan fingerprint density at radius 3 is 2.70 bits per heavy atom. The first-order valence-electron chi connectivity index (χ1n) is 10.2. The van der Waals surface area contributed by atoms with Gasteiger partial charge in [-0.15, -0.1) is 24.0 Å². The van der Waals surface area contributed by atoms with Crippen LogP contribution in [0.25, 0.3) is 0 Å². The van der Waals surface area contributed by atoms with Gasteiger partial charge in [0.1, 0.15) is 6.10 Å². The van der Waals surface area contributed by atoms with Crippen LogP contribution in [0.2, 0.25) is 0 Å². The summed E-state index contributed by atoms with van der Waals surface area (Å²) in [6.07, 6.45) is -2.65. The van der Waals surface area contributed by atoms with Crippen molar-refractivity contribution >= 4 is 29.9 Å². The van der Waals surface area contributed by atoms with E-state index in [0.29, 0.717) is 31.3 Å². The van der Waals surface area contributed by atoms with Gasteiger partial charge >= 0.3 is 6.18 Å². The molecular formula is C21H34F3IN4O. The molecule has 0 bridgehead atoms. The number of halogens is 4. The molecule has 0 saturated carbocycles. The topological polar surface area (TPSA) is 40.1 Å². The zero-order valence-corrected chi connectivity index (χ0v) is 20.5. The molecule has 1 unspecified atom stereocenters. The largest absolute Gasteiger partial charge is 0.416 e. The maximum Gasteiger partial charge on any atom is 0.416 e. The van der Waals surface area contributed by atoms with Crippen LogP contribution in [-0.2, 0) is 10.9 Å². The molecule has 1 saturated heterocycles. The van der Waals surface area contributed by atoms with Crippen molar-refractivity contribution < 1.29 is 17.9 Å². The summed E-state index contributed by atoms with van der Waals surface area (Å²) in [5.41, 5.74) is -0.110. The lowest BCUT2D eigenvalue weighted by Gasteiger charge is -2.35. The van der Waals surface area contributed by atoms with Gasteiger partial charge in [-0.25, -0.2) is 0 Å². The molecule has 9 heteroatoms. The second-order valence-electron chi connectivity index (χ2n) is 7.68. The van der Waals surface area contributed by atoms with Crippen molar-refractivity contribution in [3.63, 3.8) is 0 Å². The Morgan fingerprint density at radius 2 is 2.07 bits per heavy atom. The molecule has 1 aromatic rings. The van der Waals surface area contributed by atoms with E-state index in [-0.39, 0.29) is 24.0 Å². The molecule has 1 heterocycles. The lowest BCUT2D eigenvalue weighted by molar-refractivity contribution is -0.137. The van der Waals surface area contributed by atoms with Crippen LogP contribution < -0.4 is 5.32 Å². The standard InChI is InChI=1S/C21H33F3N4O.HI/c1-16(2)27(4)11-6-5-10-26-20(25-3)28-12-13-29-19(15-28)17-8-7-9-18(14-17)21(22,23)24;/h7-9,14,16,19H,5-6,10-13,15H2,1-4H3,(H,25,26);1H. The lowest BCUT2D eigenvalue weighted by atomic mass is 10.0. The molecule has 1 aromatic carbocycles. The number of alkyl halides is 3. The molecular weight excluding hydrogens is 508 g/mol. The van der Waals surface area contributed by atoms with Crippen molar-refractivity contribution in [2.45, 2.75) is 45.0 Å². The van der Waals surface area contributed by atoms with Gasteiger partial charge in [-0.05, 0) is 58.0 Å². The summed E-state index contributed by atoms with van der Waals surface area (Å²) in [5, 5.41) is 3.37. The van der Waals surface area contributed by atoms with Crippen LogP contribution >= 0.6 is 24.0 Å². The maximum atomic E-state index is 13.0. The number of rotatable bonds is 7. The van der Waals surface area contributed by atoms with E-state index in [2.05, 4.69) is 41.0 Å². The fourth-order valence-electron chi connectivity index (χ4n) is 3.24. The minimum absolute atomic E-state index is 0. The second kappa shape index (κ2) is 12.7. The normalized spacial score (nSPS) is 18.0. The van der Waals surface area contributed by atoms with Crippen LogP contribution in [-0.4, -0.2) is 68.7 Å². The zero-order chi connectivity index (χ0) is 21.4. The summed E-state index contributed by atoms with van der Waals surface area (Å²) < 4.78 is 44.8. The fourth-order valence-corrected chi connectivity index (χ4v) is 3.24. The Kier molecular flexibility index (Phi) is 11.4. The molecule has 1 fully saturated rings. The minimum atomic E-state index is -4.36. The second-order valence-corrected chi connectivity index (χ2v) is 7.68. The number of unbranched alkanes of at least 4 members (excludes halogenated alkanes) is 1. The quantitative estimate of drug-likeness (QED) is 0.240. The number of ether oxygens (including phenoxy) is 1. The first-order chi connectivity index (χ1) is 13.7. The molecule has 1 atom stereocenters. The van der Waals surface area contributed by atoms with Crippen LogP contribution in [0.4, 0.5) is 13.2 Å². The highest BCUT2D eigenvalue weighted by atomic mass is 127. The lowest BCUT2D eigenvalue weighted by Crippen LogP contribution is -2.48. The average Bonchev–Trinajstić information content (AvgIpc) is 2.70. The minimum Gasteiger partial charge on any atom is -0.370 e. The van der Waals surface area contributed by atoms with Crippen molar-refractivity contribution in [1.29, 1.82) is 0 Å². The molecule has 172 valence electrons. The smallest absolute Gasteiger partial charge is 0.370 e. The van der Waals surface area contributed by atoms with Gasteiger partial charge in [0.2, 0.25) is 0 Å². The highest BCUT2D eigenvalue weighted by Crippen LogP contribution is 2.32. The molecule has 1 aliphatic heterocycles. The van der Waals surface area contributed by atoms with E-state index in [9.17, 15) is 13.2 Å². The average molecular weight is 542 g/mol. The van der Waals surface area contributed by atoms with E-state index in [1.165, 1.54) is 12.1 Å². The third kappa shape index (κ3) is 8.22. The fraction of sp³-hybridized carbons (Fsp3) is 0.667. The third-order valence-corrected chi connectivity index (χ3v) is 5.27. The highest BCUT2D eigenvalue weighted by Gasteiger charge is 2.32. The SMILES string of the molecule is CN=C(NCCCCN(C)C(C)C)N1CCOC(c2cccc(C(F)(F)F)c2)C1.I. The van der Waals surface area contributed by atoms with Gasteiger partial charge in [-0.3, -0.25) is 4.99 Å². The number of morpholine rings is 1. The summed E-state index contributed by atoms with van der Waals surface area (Å²) in [5.74, 6) is 0.766. The van der Waals surface area contributed by atoms with E-state index in [1.807, 2.05) is 0 Å². The van der Waals surface area contributed by atoms with Crippen LogP contribution in [0, 0.1) is 0 Å². The van der Waals surface area contributed by atoms with Gasteiger partial charge in [0, 0.05) is 26.2 Å². The summed E-state index contributed by atoms with van der Waals surface area (Å²) in [6.45, 7) is 7.79. The number of nitrogens with one attached hydrogen (secondary N) is 1. The van der Waals surface area contributed by atoms with E-state index in [1.54, 1.807) is 13.1 Å². The Labute approximate surface area is 195 Å². The Hall–Kier alpha value is -1.07. The van der Waals surface area contributed by atoms with Crippen LogP contribution in [0.15, 0.2) is 29.3 Å². The summed E-state index contributed by atoms with van der Waals surface area (Å²) in [7, 11) is 3.85. The van der Waals surface area contributed by atoms with Crippen molar-refractivity contribution in [2.24, 2.45) is 4.99 Å². The van der Waals surface area contributed by atoms with Crippen LogP contribution in [0.1, 0.15) is 43.9 Å². The molecule has 0 aromatic heterocycles. The van der Waals surface area contributed by atoms with E-state index in [4.69, 9.17) is 4.74 Å². The first kappa shape index (κ1) is 27.0. The number of hydrogen-bond acceptors (Lipinski definition) is 3. The van der Waals surface area contributed by atoms with Crippen LogP contribution in [0.3, 0.4) is 0 Å². The monoisotopic (exact) mass is 542 g/mol. The van der Waals surface area contributed by atoms with Crippen molar-refractivity contribution in [3.05, 3.63) is 35.4 Å². The van der Waals surface area contributed by atoms with Gasteiger partial charge in [0.15, 0.2) is 5.96 Å². The predicted molar refractivity (Wildman–Crippen MR) is 125 cm³/mol. The van der Waals surface area contributed by atoms with Gasteiger partial charge < -0.3 is 19.9 Å². The van der Waals surface area contributed by atoms with E-state index in [0.717, 1.165) is 38.0 Å². The third-order valence-electron chi connectivity index (χ3n) is 5.27. The molecule has 0 aliphatic carbocycles. The van der Waals surface area contributed by atoms with E-state index >= 15 is 0 Å². The maximum absolute atomic E-state index is 13.0. The summed E-state index contributed by atoms with van der Waals surface area (Å²) in [4.78, 5) is 8.71. The zero-order valence-electron chi connectivity index (χ0n) is 18.2. The molecule has 30 heavy (non-hydrogen) atoms. The predicted octanol–water partition coefficient (Wildman–Crippen LogP) is 4.39. The number of hydrogen-bond donors (Lipinski definition) is 1. The summed E-state index contributed by atoms with van der Waals surface area (Å²) in [6, 6.07) is 5.92. The number of aliphatic imine (C=N–C) groups is 1.